The van der Waals surface area contributed by atoms with Crippen LogP contribution in [0.4, 0.5) is 0 Å². The van der Waals surface area contributed by atoms with Crippen molar-refractivity contribution in [1.82, 2.24) is 41.7 Å². The van der Waals surface area contributed by atoms with Crippen molar-refractivity contribution in [2.24, 2.45) is 11.8 Å². The highest BCUT2D eigenvalue weighted by Crippen LogP contribution is 2.33. The van der Waals surface area contributed by atoms with Gasteiger partial charge in [0.2, 0.25) is 35.4 Å². The SMILES string of the molecule is CN[C@@H](C)C(=O)N[C@H](CC#CC1CCCC1C#CC[C@H](NC(=O)[C@@H](C)NC)C(=O)N1CCC[C@@H]1C(=O)N[C@@H]1CCCc2ccccc21)C(=O)N1CCC[C@@H]1C(=O)N[C@H]1CCCc2ccccc21. The largest absolute Gasteiger partial charge is 0.347 e. The summed E-state index contributed by atoms with van der Waals surface area (Å²) in [6.45, 7) is 4.28. The predicted octanol–water partition coefficient (Wildman–Crippen LogP) is 3.74. The Kier molecular flexibility index (Phi) is 17.1. The number of likely N-dealkylation sites (tertiary alicyclic amines) is 2. The molecule has 6 N–H and O–H groups in total. The van der Waals surface area contributed by atoms with Gasteiger partial charge in [-0.1, -0.05) is 66.8 Å². The Labute approximate surface area is 396 Å². The monoisotopic (exact) mass is 915 g/mol. The zero-order valence-corrected chi connectivity index (χ0v) is 39.8. The van der Waals surface area contributed by atoms with Crippen LogP contribution in [0, 0.1) is 35.5 Å². The van der Waals surface area contributed by atoms with Gasteiger partial charge in [0.25, 0.3) is 0 Å². The minimum absolute atomic E-state index is 0.0720. The molecule has 14 nitrogen and oxygen atoms in total. The molecule has 2 aromatic carbocycles. The topological polar surface area (TPSA) is 181 Å². The molecule has 2 saturated heterocycles. The number of benzene rings is 2. The Hall–Kier alpha value is -5.70. The first-order valence-corrected chi connectivity index (χ1v) is 24.8. The number of hydrogen-bond donors (Lipinski definition) is 6. The van der Waals surface area contributed by atoms with E-state index in [1.807, 2.05) is 24.3 Å². The van der Waals surface area contributed by atoms with E-state index in [-0.39, 0.29) is 72.2 Å². The second-order valence-electron chi connectivity index (χ2n) is 19.0. The van der Waals surface area contributed by atoms with Crippen molar-refractivity contribution in [2.75, 3.05) is 27.2 Å². The molecule has 6 amide bonds. The average molecular weight is 915 g/mol. The maximum atomic E-state index is 14.3. The van der Waals surface area contributed by atoms with E-state index < -0.39 is 36.3 Å². The molecule has 5 aliphatic rings. The van der Waals surface area contributed by atoms with E-state index in [0.29, 0.717) is 38.8 Å². The molecule has 3 fully saturated rings. The molecule has 2 unspecified atom stereocenters. The maximum Gasteiger partial charge on any atom is 0.246 e. The van der Waals surface area contributed by atoms with E-state index >= 15 is 0 Å². The number of nitrogens with zero attached hydrogens (tertiary/aromatic N) is 2. The Morgan fingerprint density at radius 1 is 0.567 bits per heavy atom. The van der Waals surface area contributed by atoms with Crippen molar-refractivity contribution in [1.29, 1.82) is 0 Å². The van der Waals surface area contributed by atoms with Gasteiger partial charge in [-0.3, -0.25) is 28.8 Å². The first-order valence-electron chi connectivity index (χ1n) is 24.8. The summed E-state index contributed by atoms with van der Waals surface area (Å²) < 4.78 is 0. The Morgan fingerprint density at radius 2 is 0.985 bits per heavy atom. The molecule has 2 heterocycles. The van der Waals surface area contributed by atoms with Crippen LogP contribution in [0.15, 0.2) is 48.5 Å². The van der Waals surface area contributed by atoms with Gasteiger partial charge in [0, 0.05) is 37.8 Å². The van der Waals surface area contributed by atoms with Crippen molar-refractivity contribution in [3.05, 3.63) is 70.8 Å². The summed E-state index contributed by atoms with van der Waals surface area (Å²) in [6.07, 6.45) is 10.7. The highest BCUT2D eigenvalue weighted by atomic mass is 16.2. The number of nitrogens with one attached hydrogen (secondary N) is 6. The molecule has 2 aliphatic heterocycles. The van der Waals surface area contributed by atoms with E-state index in [1.165, 1.54) is 11.1 Å². The zero-order chi connectivity index (χ0) is 47.5. The molecule has 1 saturated carbocycles. The van der Waals surface area contributed by atoms with Crippen LogP contribution in [-0.4, -0.2) is 109 Å². The second kappa shape index (κ2) is 23.3. The van der Waals surface area contributed by atoms with Crippen molar-refractivity contribution in [2.45, 2.75) is 158 Å². The minimum atomic E-state index is -0.948. The van der Waals surface area contributed by atoms with Crippen LogP contribution < -0.4 is 31.9 Å². The van der Waals surface area contributed by atoms with E-state index in [9.17, 15) is 28.8 Å². The van der Waals surface area contributed by atoms with E-state index in [0.717, 1.165) is 68.9 Å². The summed E-state index contributed by atoms with van der Waals surface area (Å²) in [5.41, 5.74) is 4.75. The number of carbonyl (C=O) groups excluding carboxylic acids is 6. The fraction of sp³-hybridized carbons (Fsp3) is 0.585. The van der Waals surface area contributed by atoms with Gasteiger partial charge in [-0.05, 0) is 127 Å². The minimum Gasteiger partial charge on any atom is -0.347 e. The van der Waals surface area contributed by atoms with Gasteiger partial charge in [-0.25, -0.2) is 0 Å². The molecule has 0 bridgehead atoms. The standard InChI is InChI=1S/C53H70N8O6/c1-34(54-3)48(62)58-44(52(66)60-32-14-30-46(60)50(64)56-42-26-12-22-38-16-5-7-24-40(38)42)28-10-20-36-18-9-19-37(36)21-11-29-45(59-49(63)35(2)55-4)53(67)61-33-15-31-47(61)51(65)57-43-27-13-23-39-17-6-8-25-41(39)43/h5-8,16-17,24-25,34-37,42-47,54-55H,9,12-15,18-19,22-23,26-33H2,1-4H3,(H,56,64)(H,57,65)(H,58,62)(H,59,63)/t34-,35+,36?,37?,42-,43+,44+,45-,46-,47-/m1/s1. The van der Waals surface area contributed by atoms with Gasteiger partial charge in [0.1, 0.15) is 24.2 Å². The van der Waals surface area contributed by atoms with Crippen molar-refractivity contribution in [3.8, 4) is 23.7 Å². The molecule has 3 aliphatic carbocycles. The van der Waals surface area contributed by atoms with Crippen LogP contribution >= 0.6 is 0 Å². The number of amides is 6. The van der Waals surface area contributed by atoms with E-state index in [4.69, 9.17) is 0 Å². The third-order valence-electron chi connectivity index (χ3n) is 14.6. The Bertz CT molecular complexity index is 2100. The summed E-state index contributed by atoms with van der Waals surface area (Å²) in [4.78, 5) is 85.9. The van der Waals surface area contributed by atoms with Crippen molar-refractivity contribution in [3.63, 3.8) is 0 Å². The summed E-state index contributed by atoms with van der Waals surface area (Å²) >= 11 is 0. The van der Waals surface area contributed by atoms with Crippen molar-refractivity contribution < 1.29 is 28.8 Å². The van der Waals surface area contributed by atoms with Crippen LogP contribution in [0.3, 0.4) is 0 Å². The fourth-order valence-electron chi connectivity index (χ4n) is 10.5. The number of rotatable bonds is 14. The molecule has 7 rings (SSSR count). The van der Waals surface area contributed by atoms with E-state index in [1.54, 1.807) is 37.7 Å². The number of carbonyl (C=O) groups is 6. The highest BCUT2D eigenvalue weighted by molar-refractivity contribution is 5.95. The summed E-state index contributed by atoms with van der Waals surface area (Å²) in [7, 11) is 3.36. The van der Waals surface area contributed by atoms with E-state index in [2.05, 4.69) is 79.8 Å². The van der Waals surface area contributed by atoms with Gasteiger partial charge in [-0.15, -0.1) is 11.8 Å². The molecule has 14 heteroatoms. The molecule has 0 radical (unpaired) electrons. The Balaban J connectivity index is 1.01. The first kappa shape index (κ1) is 49.2. The third-order valence-corrected chi connectivity index (χ3v) is 14.6. The molecular weight excluding hydrogens is 845 g/mol. The van der Waals surface area contributed by atoms with Crippen LogP contribution in [0.5, 0.6) is 0 Å². The van der Waals surface area contributed by atoms with Gasteiger partial charge in [-0.2, -0.15) is 0 Å². The quantitative estimate of drug-likeness (QED) is 0.155. The number of aryl methyl sites for hydroxylation is 2. The average Bonchev–Trinajstić information content (AvgIpc) is 4.15. The lowest BCUT2D eigenvalue weighted by Gasteiger charge is -2.31. The molecule has 10 atom stereocenters. The molecule has 0 spiro atoms. The molecule has 358 valence electrons. The Morgan fingerprint density at radius 3 is 1.40 bits per heavy atom. The molecule has 2 aromatic rings. The molecular formula is C53H70N8O6. The first-order chi connectivity index (χ1) is 32.5. The summed E-state index contributed by atoms with van der Waals surface area (Å²) in [5, 5.41) is 18.2. The number of likely N-dealkylation sites (N-methyl/N-ethyl adjacent to an activating group) is 2. The van der Waals surface area contributed by atoms with Crippen LogP contribution in [-0.2, 0) is 41.6 Å². The fourth-order valence-corrected chi connectivity index (χ4v) is 10.5. The van der Waals surface area contributed by atoms with Gasteiger partial charge in [0.05, 0.1) is 24.2 Å². The highest BCUT2D eigenvalue weighted by Gasteiger charge is 2.41. The normalized spacial score (nSPS) is 24.8. The van der Waals surface area contributed by atoms with Crippen LogP contribution in [0.1, 0.15) is 132 Å². The van der Waals surface area contributed by atoms with Crippen molar-refractivity contribution >= 4 is 35.4 Å². The summed E-state index contributed by atoms with van der Waals surface area (Å²) in [5.74, 6) is 11.4. The lowest BCUT2D eigenvalue weighted by Crippen LogP contribution is -2.55. The number of fused-ring (bicyclic) bond motifs is 2. The summed E-state index contributed by atoms with van der Waals surface area (Å²) in [6, 6.07) is 11.9. The van der Waals surface area contributed by atoms with Gasteiger partial charge >= 0.3 is 0 Å². The molecule has 0 aromatic heterocycles. The smallest absolute Gasteiger partial charge is 0.246 e. The maximum absolute atomic E-state index is 14.3. The third kappa shape index (κ3) is 12.1. The lowest BCUT2D eigenvalue weighted by molar-refractivity contribution is -0.141. The van der Waals surface area contributed by atoms with Gasteiger partial charge < -0.3 is 41.7 Å². The predicted molar refractivity (Wildman–Crippen MR) is 257 cm³/mol. The molecule has 67 heavy (non-hydrogen) atoms. The van der Waals surface area contributed by atoms with Crippen LogP contribution in [0.25, 0.3) is 0 Å². The number of hydrogen-bond acceptors (Lipinski definition) is 8. The van der Waals surface area contributed by atoms with Gasteiger partial charge in [0.15, 0.2) is 0 Å². The lowest BCUT2D eigenvalue weighted by atomic mass is 9.87. The second-order valence-corrected chi connectivity index (χ2v) is 19.0. The zero-order valence-electron chi connectivity index (χ0n) is 39.8. The van der Waals surface area contributed by atoms with Crippen LogP contribution in [0.2, 0.25) is 0 Å².